The number of hydrogen-bond donors (Lipinski definition) is 2. The van der Waals surface area contributed by atoms with Gasteiger partial charge < -0.3 is 30.3 Å². The van der Waals surface area contributed by atoms with E-state index in [0.717, 1.165) is 72.2 Å². The van der Waals surface area contributed by atoms with Gasteiger partial charge in [-0.1, -0.05) is 91.8 Å². The minimum atomic E-state index is -0.695. The number of likely N-dealkylation sites (tertiary alicyclic amines) is 2. The number of anilines is 2. The number of quaternary nitrogens is 2. The molecular weight excluding hydrogens is 636 g/mol. The molecule has 2 N–H and O–H groups in total. The van der Waals surface area contributed by atoms with Gasteiger partial charge >= 0.3 is 0 Å². The van der Waals surface area contributed by atoms with Gasteiger partial charge in [0, 0.05) is 55.3 Å². The van der Waals surface area contributed by atoms with Crippen LogP contribution in [-0.2, 0) is 9.59 Å². The fourth-order valence-electron chi connectivity index (χ4n) is 10.8. The van der Waals surface area contributed by atoms with Crippen molar-refractivity contribution in [3.63, 3.8) is 0 Å². The highest BCUT2D eigenvalue weighted by atomic mass is 16.6. The number of carbonyl (C=O) groups excluding carboxylic acids is 2. The Kier molecular flexibility index (Phi) is 11.1. The zero-order chi connectivity index (χ0) is 36.8. The number of benzene rings is 2. The van der Waals surface area contributed by atoms with Crippen molar-refractivity contribution in [1.82, 2.24) is 0 Å². The third-order valence-electron chi connectivity index (χ3n) is 13.3. The fraction of sp³-hybridized carbons (Fsp3) is 0.674. The second kappa shape index (κ2) is 14.9. The van der Waals surface area contributed by atoms with Gasteiger partial charge in [-0.3, -0.25) is 9.59 Å². The number of amides is 2. The number of hydroxylamine groups is 6. The molecule has 2 aliphatic heterocycles. The topological polar surface area (TPSA) is 104 Å². The minimum Gasteiger partial charge on any atom is -0.632 e. The Hall–Kier alpha value is -2.78. The van der Waals surface area contributed by atoms with E-state index in [2.05, 4.69) is 102 Å². The molecule has 0 bridgehead atoms. The van der Waals surface area contributed by atoms with E-state index in [1.165, 1.54) is 0 Å². The van der Waals surface area contributed by atoms with Crippen molar-refractivity contribution in [2.75, 3.05) is 23.7 Å². The summed E-state index contributed by atoms with van der Waals surface area (Å²) in [6, 6.07) is 10.8. The fourth-order valence-corrected chi connectivity index (χ4v) is 10.8. The molecule has 51 heavy (non-hydrogen) atoms. The van der Waals surface area contributed by atoms with Gasteiger partial charge in [0.15, 0.2) is 12.1 Å². The number of para-hydroxylation sites is 2. The second-order valence-corrected chi connectivity index (χ2v) is 17.7. The Balaban J connectivity index is 1.23. The maximum Gasteiger partial charge on any atom is 0.283 e. The van der Waals surface area contributed by atoms with Crippen LogP contribution in [-0.4, -0.2) is 58.4 Å². The highest BCUT2D eigenvalue weighted by molar-refractivity contribution is 5.96. The van der Waals surface area contributed by atoms with Gasteiger partial charge in [0.1, 0.15) is 0 Å². The molecule has 1 unspecified atom stereocenters. The van der Waals surface area contributed by atoms with Crippen LogP contribution in [0, 0.1) is 22.3 Å². The van der Waals surface area contributed by atoms with Crippen LogP contribution in [0.4, 0.5) is 11.4 Å². The molecule has 6 rings (SSSR count). The summed E-state index contributed by atoms with van der Waals surface area (Å²) in [6.07, 6.45) is 7.28. The number of hydrogen-bond acceptors (Lipinski definition) is 4. The standard InChI is InChI=1S/C43H64N4O4/c1-26(2)32-16-11-17-33(27(3)4)40(32)44-42(48)38-24-30-14-9-20-36(30)46(38,50)22-13-23-47(51)37-21-10-15-31(37)25-39(47)43(49)45-41-34(28(5)6)18-12-19-35(41)29(7)8/h11-12,16-19,26-31,36-39H,9-10,13-15,20-25H2,1-8H3,(H,44,48)(H,45,49)/t30-,31-,36-,37-,38-,39-,46-,47?/m0/s1. The van der Waals surface area contributed by atoms with Crippen LogP contribution in [0.5, 0.6) is 0 Å². The predicted molar refractivity (Wildman–Crippen MR) is 207 cm³/mol. The van der Waals surface area contributed by atoms with Crippen LogP contribution in [0.1, 0.15) is 159 Å². The molecule has 2 aromatic carbocycles. The van der Waals surface area contributed by atoms with E-state index < -0.39 is 21.4 Å². The zero-order valence-corrected chi connectivity index (χ0v) is 32.5. The van der Waals surface area contributed by atoms with Crippen molar-refractivity contribution >= 4 is 23.2 Å². The molecule has 2 amide bonds. The summed E-state index contributed by atoms with van der Waals surface area (Å²) in [5.41, 5.74) is 6.09. The lowest BCUT2D eigenvalue weighted by molar-refractivity contribution is -0.926. The summed E-state index contributed by atoms with van der Waals surface area (Å²) in [6.45, 7) is 17.6. The van der Waals surface area contributed by atoms with Crippen molar-refractivity contribution in [2.24, 2.45) is 11.8 Å². The third-order valence-corrected chi connectivity index (χ3v) is 13.3. The first-order valence-electron chi connectivity index (χ1n) is 20.2. The first-order chi connectivity index (χ1) is 24.2. The molecule has 2 aromatic rings. The lowest BCUT2D eigenvalue weighted by Crippen LogP contribution is -2.60. The van der Waals surface area contributed by atoms with E-state index in [0.29, 0.717) is 19.3 Å². The molecule has 4 fully saturated rings. The molecule has 2 heterocycles. The molecule has 2 aliphatic carbocycles. The molecule has 2 saturated heterocycles. The summed E-state index contributed by atoms with van der Waals surface area (Å²) >= 11 is 0. The average Bonchev–Trinajstić information content (AvgIpc) is 3.85. The molecule has 0 spiro atoms. The van der Waals surface area contributed by atoms with Crippen molar-refractivity contribution < 1.29 is 18.9 Å². The van der Waals surface area contributed by atoms with E-state index in [9.17, 15) is 9.59 Å². The smallest absolute Gasteiger partial charge is 0.283 e. The number of fused-ring (bicyclic) bond motifs is 2. The second-order valence-electron chi connectivity index (χ2n) is 17.7. The summed E-state index contributed by atoms with van der Waals surface area (Å²) in [5, 5.41) is 36.9. The van der Waals surface area contributed by atoms with E-state index in [4.69, 9.17) is 0 Å². The minimum absolute atomic E-state index is 0.107. The van der Waals surface area contributed by atoms with Crippen LogP contribution in [0.15, 0.2) is 36.4 Å². The van der Waals surface area contributed by atoms with Crippen molar-refractivity contribution in [3.8, 4) is 0 Å². The third kappa shape index (κ3) is 7.03. The summed E-state index contributed by atoms with van der Waals surface area (Å²) in [5.74, 6) is 1.02. The highest BCUT2D eigenvalue weighted by Crippen LogP contribution is 2.49. The van der Waals surface area contributed by atoms with Crippen LogP contribution >= 0.6 is 0 Å². The average molecular weight is 701 g/mol. The quantitative estimate of drug-likeness (QED) is 0.170. The molecule has 280 valence electrons. The molecule has 8 heteroatoms. The van der Waals surface area contributed by atoms with E-state index >= 15 is 10.4 Å². The van der Waals surface area contributed by atoms with Crippen molar-refractivity contribution in [1.29, 1.82) is 0 Å². The van der Waals surface area contributed by atoms with Gasteiger partial charge in [0.2, 0.25) is 0 Å². The monoisotopic (exact) mass is 700 g/mol. The maximum absolute atomic E-state index is 15.2. The Labute approximate surface area is 307 Å². The maximum atomic E-state index is 15.2. The molecule has 8 nitrogen and oxygen atoms in total. The molecule has 0 aromatic heterocycles. The van der Waals surface area contributed by atoms with Crippen molar-refractivity contribution in [3.05, 3.63) is 69.1 Å². The Morgan fingerprint density at radius 3 is 1.25 bits per heavy atom. The molecule has 4 aliphatic rings. The Morgan fingerprint density at radius 1 is 0.608 bits per heavy atom. The van der Waals surface area contributed by atoms with Crippen molar-refractivity contribution in [2.45, 2.75) is 161 Å². The lowest BCUT2D eigenvalue weighted by Gasteiger charge is -2.51. The number of nitrogens with one attached hydrogen (secondary N) is 2. The van der Waals surface area contributed by atoms with Gasteiger partial charge in [-0.15, -0.1) is 0 Å². The Morgan fingerprint density at radius 2 is 0.941 bits per heavy atom. The molecule has 0 radical (unpaired) electrons. The number of carbonyl (C=O) groups is 2. The van der Waals surface area contributed by atoms with Gasteiger partial charge in [-0.25, -0.2) is 0 Å². The summed E-state index contributed by atoms with van der Waals surface area (Å²) < 4.78 is -1.08. The van der Waals surface area contributed by atoms with Crippen LogP contribution in [0.25, 0.3) is 0 Å². The van der Waals surface area contributed by atoms with Gasteiger partial charge in [-0.05, 0) is 71.6 Å². The predicted octanol–water partition coefficient (Wildman–Crippen LogP) is 9.66. The lowest BCUT2D eigenvalue weighted by atomic mass is 9.92. The van der Waals surface area contributed by atoms with Crippen LogP contribution < -0.4 is 10.6 Å². The van der Waals surface area contributed by atoms with Gasteiger partial charge in [-0.2, -0.15) is 0 Å². The van der Waals surface area contributed by atoms with Gasteiger partial charge in [0.25, 0.3) is 11.8 Å². The molecule has 2 saturated carbocycles. The SMILES string of the molecule is CC(C)c1cccc(C(C)C)c1NC(=O)[C@@H]1C[C@@H]2CCC[C@@H]2[N+]1([O-])CCC[N@@+]1([O-])[C@H](C(=O)Nc2c(C(C)C)cccc2C(C)C)C[C@@H]2CCC[C@@H]21. The summed E-state index contributed by atoms with van der Waals surface area (Å²) in [4.78, 5) is 28.5. The Bertz CT molecular complexity index is 1420. The molecule has 8 atom stereocenters. The zero-order valence-electron chi connectivity index (χ0n) is 32.5. The first-order valence-corrected chi connectivity index (χ1v) is 20.2. The summed E-state index contributed by atoms with van der Waals surface area (Å²) in [7, 11) is 0. The van der Waals surface area contributed by atoms with Crippen LogP contribution in [0.2, 0.25) is 0 Å². The van der Waals surface area contributed by atoms with Crippen LogP contribution in [0.3, 0.4) is 0 Å². The first kappa shape index (κ1) is 38.0. The van der Waals surface area contributed by atoms with E-state index in [1.54, 1.807) is 0 Å². The number of nitrogens with zero attached hydrogens (tertiary/aromatic N) is 2. The highest BCUT2D eigenvalue weighted by Gasteiger charge is 2.57. The van der Waals surface area contributed by atoms with E-state index in [1.807, 2.05) is 0 Å². The number of rotatable bonds is 12. The molecular formula is C43H64N4O4. The normalized spacial score (nSPS) is 31.6. The van der Waals surface area contributed by atoms with Gasteiger partial charge in [0.05, 0.1) is 25.2 Å². The largest absolute Gasteiger partial charge is 0.632 e. The van der Waals surface area contributed by atoms with E-state index in [-0.39, 0.29) is 72.5 Å².